The van der Waals surface area contributed by atoms with Gasteiger partial charge in [-0.2, -0.15) is 0 Å². The van der Waals surface area contributed by atoms with Gasteiger partial charge in [0.05, 0.1) is 17.8 Å². The largest absolute Gasteiger partial charge is 0.402 e. The van der Waals surface area contributed by atoms with Crippen LogP contribution in [0.4, 0.5) is 10.1 Å². The predicted octanol–water partition coefficient (Wildman–Crippen LogP) is 1.52. The lowest BCUT2D eigenvalue weighted by atomic mass is 10.0. The minimum Gasteiger partial charge on any atom is -0.402 e. The van der Waals surface area contributed by atoms with E-state index in [0.717, 1.165) is 5.56 Å². The highest BCUT2D eigenvalue weighted by Gasteiger charge is 2.18. The number of nitrogens with zero attached hydrogens (tertiary/aromatic N) is 1. The van der Waals surface area contributed by atoms with Crippen LogP contribution >= 0.6 is 0 Å². The first-order valence-electron chi connectivity index (χ1n) is 6.20. The summed E-state index contributed by atoms with van der Waals surface area (Å²) in [4.78, 5) is 4.18. The van der Waals surface area contributed by atoms with Crippen molar-refractivity contribution in [2.75, 3.05) is 13.8 Å². The fourth-order valence-corrected chi connectivity index (χ4v) is 1.79. The van der Waals surface area contributed by atoms with E-state index in [4.69, 9.17) is 21.9 Å². The van der Waals surface area contributed by atoms with Crippen LogP contribution in [-0.4, -0.2) is 25.7 Å². The zero-order valence-electron chi connectivity index (χ0n) is 11.7. The van der Waals surface area contributed by atoms with Crippen LogP contribution in [0.15, 0.2) is 41.0 Å². The van der Waals surface area contributed by atoms with Crippen LogP contribution in [0.2, 0.25) is 0 Å². The second kappa shape index (κ2) is 7.62. The van der Waals surface area contributed by atoms with Crippen molar-refractivity contribution in [3.8, 4) is 0 Å². The normalized spacial score (nSPS) is 16.0. The third kappa shape index (κ3) is 4.64. The number of methoxy groups -OCH3 is 1. The zero-order valence-corrected chi connectivity index (χ0v) is 11.7. The standard InChI is InChI=1S/C14H21FN4O/c1-9(16)7-13(18)19-11-5-3-10(4-6-11)14(20-2)12(17)8-15/h3-7,12,14H,8,16-17H2,1-2H3,(H2,18,19). The van der Waals surface area contributed by atoms with Crippen molar-refractivity contribution in [3.63, 3.8) is 0 Å². The van der Waals surface area contributed by atoms with Gasteiger partial charge in [-0.15, -0.1) is 0 Å². The van der Waals surface area contributed by atoms with Crippen molar-refractivity contribution >= 4 is 11.5 Å². The molecule has 6 N–H and O–H groups in total. The number of alkyl halides is 1. The Labute approximate surface area is 118 Å². The average molecular weight is 280 g/mol. The monoisotopic (exact) mass is 280 g/mol. The van der Waals surface area contributed by atoms with E-state index in [1.54, 1.807) is 37.3 Å². The number of nitrogens with two attached hydrogens (primary N) is 3. The lowest BCUT2D eigenvalue weighted by Crippen LogP contribution is -2.31. The third-order valence-corrected chi connectivity index (χ3v) is 2.68. The van der Waals surface area contributed by atoms with E-state index < -0.39 is 18.8 Å². The number of aliphatic imine (C=N–C) groups is 1. The van der Waals surface area contributed by atoms with Crippen LogP contribution < -0.4 is 17.2 Å². The molecule has 0 saturated heterocycles. The first kappa shape index (κ1) is 16.1. The van der Waals surface area contributed by atoms with Gasteiger partial charge in [-0.1, -0.05) is 12.1 Å². The SMILES string of the molecule is COC(c1ccc(N=C(N)C=C(C)N)cc1)C(N)CF. The second-order valence-corrected chi connectivity index (χ2v) is 4.49. The smallest absolute Gasteiger partial charge is 0.125 e. The summed E-state index contributed by atoms with van der Waals surface area (Å²) in [5, 5.41) is 0. The molecule has 1 aromatic carbocycles. The van der Waals surface area contributed by atoms with Crippen LogP contribution in [0.5, 0.6) is 0 Å². The van der Waals surface area contributed by atoms with Crippen LogP contribution in [0.1, 0.15) is 18.6 Å². The zero-order chi connectivity index (χ0) is 15.1. The molecule has 1 aromatic rings. The Hall–Kier alpha value is -1.92. The maximum Gasteiger partial charge on any atom is 0.125 e. The summed E-state index contributed by atoms with van der Waals surface area (Å²) >= 11 is 0. The van der Waals surface area contributed by atoms with E-state index in [2.05, 4.69) is 4.99 Å². The highest BCUT2D eigenvalue weighted by Crippen LogP contribution is 2.23. The van der Waals surface area contributed by atoms with E-state index in [9.17, 15) is 4.39 Å². The summed E-state index contributed by atoms with van der Waals surface area (Å²) in [7, 11) is 1.50. The van der Waals surface area contributed by atoms with Crippen LogP contribution in [0, 0.1) is 0 Å². The summed E-state index contributed by atoms with van der Waals surface area (Å²) in [6, 6.07) is 6.41. The molecular formula is C14H21FN4O. The fourth-order valence-electron chi connectivity index (χ4n) is 1.79. The fraction of sp³-hybridized carbons (Fsp3) is 0.357. The maximum atomic E-state index is 12.6. The van der Waals surface area contributed by atoms with E-state index in [-0.39, 0.29) is 0 Å². The Morgan fingerprint density at radius 1 is 1.35 bits per heavy atom. The Balaban J connectivity index is 2.91. The summed E-state index contributed by atoms with van der Waals surface area (Å²) < 4.78 is 17.8. The van der Waals surface area contributed by atoms with Gasteiger partial charge in [0.25, 0.3) is 0 Å². The topological polar surface area (TPSA) is 99.6 Å². The molecule has 0 aliphatic heterocycles. The van der Waals surface area contributed by atoms with E-state index in [1.807, 2.05) is 0 Å². The molecule has 0 fully saturated rings. The quantitative estimate of drug-likeness (QED) is 0.543. The van der Waals surface area contributed by atoms with Crippen molar-refractivity contribution < 1.29 is 9.13 Å². The van der Waals surface area contributed by atoms with Crippen molar-refractivity contribution in [1.29, 1.82) is 0 Å². The highest BCUT2D eigenvalue weighted by molar-refractivity contribution is 5.93. The molecule has 0 aromatic heterocycles. The van der Waals surface area contributed by atoms with Crippen molar-refractivity contribution in [2.24, 2.45) is 22.2 Å². The maximum absolute atomic E-state index is 12.6. The van der Waals surface area contributed by atoms with Gasteiger partial charge in [-0.05, 0) is 30.7 Å². The number of benzene rings is 1. The molecule has 1 rings (SSSR count). The summed E-state index contributed by atoms with van der Waals surface area (Å²) in [5.74, 6) is 0.321. The van der Waals surface area contributed by atoms with Crippen LogP contribution in [0.3, 0.4) is 0 Å². The highest BCUT2D eigenvalue weighted by atomic mass is 19.1. The lowest BCUT2D eigenvalue weighted by Gasteiger charge is -2.20. The summed E-state index contributed by atoms with van der Waals surface area (Å²) in [6.45, 7) is 1.08. The number of hydrogen-bond donors (Lipinski definition) is 3. The number of ether oxygens (including phenoxy) is 1. The van der Waals surface area contributed by atoms with Crippen LogP contribution in [0.25, 0.3) is 0 Å². The molecule has 0 heterocycles. The molecule has 2 unspecified atom stereocenters. The lowest BCUT2D eigenvalue weighted by molar-refractivity contribution is 0.0721. The molecule has 110 valence electrons. The molecule has 0 bridgehead atoms. The predicted molar refractivity (Wildman–Crippen MR) is 79.4 cm³/mol. The van der Waals surface area contributed by atoms with Gasteiger partial charge < -0.3 is 21.9 Å². The number of hydrogen-bond acceptors (Lipinski definition) is 4. The number of allylic oxidation sites excluding steroid dienone is 1. The van der Waals surface area contributed by atoms with Crippen molar-refractivity contribution in [2.45, 2.75) is 19.1 Å². The van der Waals surface area contributed by atoms with E-state index in [1.165, 1.54) is 7.11 Å². The molecule has 0 spiro atoms. The molecular weight excluding hydrogens is 259 g/mol. The minimum absolute atomic E-state index is 0.321. The van der Waals surface area contributed by atoms with Gasteiger partial charge in [-0.25, -0.2) is 9.38 Å². The van der Waals surface area contributed by atoms with Gasteiger partial charge in [0.2, 0.25) is 0 Å². The molecule has 0 aliphatic carbocycles. The van der Waals surface area contributed by atoms with Crippen molar-refractivity contribution in [1.82, 2.24) is 0 Å². The molecule has 20 heavy (non-hydrogen) atoms. The van der Waals surface area contributed by atoms with Crippen molar-refractivity contribution in [3.05, 3.63) is 41.6 Å². The van der Waals surface area contributed by atoms with Gasteiger partial charge in [0.15, 0.2) is 0 Å². The van der Waals surface area contributed by atoms with Gasteiger partial charge in [-0.3, -0.25) is 0 Å². The molecule has 0 aliphatic rings. The Morgan fingerprint density at radius 2 is 1.95 bits per heavy atom. The average Bonchev–Trinajstić information content (AvgIpc) is 2.40. The van der Waals surface area contributed by atoms with E-state index >= 15 is 0 Å². The molecule has 0 amide bonds. The molecule has 5 nitrogen and oxygen atoms in total. The van der Waals surface area contributed by atoms with Gasteiger partial charge >= 0.3 is 0 Å². The van der Waals surface area contributed by atoms with Gasteiger partial charge in [0, 0.05) is 12.8 Å². The first-order chi connectivity index (χ1) is 9.47. The summed E-state index contributed by atoms with van der Waals surface area (Å²) in [6.07, 6.45) is 1.09. The Morgan fingerprint density at radius 3 is 2.40 bits per heavy atom. The van der Waals surface area contributed by atoms with Crippen LogP contribution in [-0.2, 0) is 4.74 Å². The second-order valence-electron chi connectivity index (χ2n) is 4.49. The van der Waals surface area contributed by atoms with Gasteiger partial charge in [0.1, 0.15) is 12.5 Å². The third-order valence-electron chi connectivity index (χ3n) is 2.68. The molecule has 0 radical (unpaired) electrons. The Bertz CT molecular complexity index is 480. The molecule has 0 saturated carbocycles. The number of halogens is 1. The minimum atomic E-state index is -0.692. The first-order valence-corrected chi connectivity index (χ1v) is 6.20. The number of amidine groups is 1. The molecule has 6 heteroatoms. The Kier molecular flexibility index (Phi) is 6.14. The molecule has 2 atom stereocenters. The summed E-state index contributed by atoms with van der Waals surface area (Å²) in [5.41, 5.74) is 18.9. The van der Waals surface area contributed by atoms with E-state index in [0.29, 0.717) is 17.2 Å². The number of rotatable bonds is 6.